The number of alkyl carbamates (subject to hydrolysis) is 1. The van der Waals surface area contributed by atoms with Crippen molar-refractivity contribution in [2.75, 3.05) is 31.5 Å². The summed E-state index contributed by atoms with van der Waals surface area (Å²) in [4.78, 5) is 99.8. The van der Waals surface area contributed by atoms with Crippen LogP contribution in [0.3, 0.4) is 0 Å². The van der Waals surface area contributed by atoms with Gasteiger partial charge in [0.1, 0.15) is 6.61 Å². The Morgan fingerprint density at radius 2 is 1.47 bits per heavy atom. The fraction of sp³-hybridized carbons (Fsp3) is 0.463. The van der Waals surface area contributed by atoms with Crippen LogP contribution in [0, 0.1) is 18.8 Å². The quantitative estimate of drug-likeness (QED) is 0.0665. The Labute approximate surface area is 341 Å². The highest BCUT2D eigenvalue weighted by atomic mass is 19.3. The standard InChI is InChI=1S/C41H53F2N7O9/c1-26(2)36(49-33(52)9-5-4-6-21-50-34(53)18-19-35(50)54)32(51)22-30(8-7-20-45-39(44)57)38(56)48-31-16-12-28(13-17-31)23-59-40(58)47-25-41(42,43)24-46-37(55)29-14-10-27(3)11-15-29/h10-19,26,30,36H,4-9,20-25H2,1-3H3,(H,46,55)(H,47,58)(H,48,56)(H,49,52)(H3,44,45,57)/t30-,36+/m1/s1. The molecule has 3 rings (SSSR count). The zero-order valence-electron chi connectivity index (χ0n) is 33.4. The third kappa shape index (κ3) is 17.1. The first-order valence-electron chi connectivity index (χ1n) is 19.4. The predicted octanol–water partition coefficient (Wildman–Crippen LogP) is 3.88. The molecule has 0 aromatic heterocycles. The number of anilines is 1. The first-order chi connectivity index (χ1) is 27.9. The van der Waals surface area contributed by atoms with Crippen LogP contribution in [-0.2, 0) is 35.3 Å². The third-order valence-corrected chi connectivity index (χ3v) is 9.27. The lowest BCUT2D eigenvalue weighted by atomic mass is 9.89. The maximum absolute atomic E-state index is 14.3. The van der Waals surface area contributed by atoms with Crippen LogP contribution < -0.4 is 32.3 Å². The molecule has 0 unspecified atom stereocenters. The number of ketones is 1. The molecule has 59 heavy (non-hydrogen) atoms. The lowest BCUT2D eigenvalue weighted by Crippen LogP contribution is -2.45. The number of nitrogens with one attached hydrogen (secondary N) is 5. The smallest absolute Gasteiger partial charge is 0.407 e. The summed E-state index contributed by atoms with van der Waals surface area (Å²) >= 11 is 0. The van der Waals surface area contributed by atoms with Gasteiger partial charge in [0.15, 0.2) is 5.78 Å². The number of halogens is 2. The summed E-state index contributed by atoms with van der Waals surface area (Å²) in [5.41, 5.74) is 7.12. The van der Waals surface area contributed by atoms with E-state index in [1.54, 1.807) is 38.1 Å². The van der Waals surface area contributed by atoms with Crippen LogP contribution in [0.15, 0.2) is 60.7 Å². The molecule has 1 aliphatic rings. The Kier molecular flexibility index (Phi) is 18.6. The van der Waals surface area contributed by atoms with Crippen LogP contribution in [0.25, 0.3) is 0 Å². The molecule has 1 aliphatic heterocycles. The number of rotatable bonds is 24. The van der Waals surface area contributed by atoms with Gasteiger partial charge in [0, 0.05) is 55.3 Å². The minimum Gasteiger partial charge on any atom is -0.445 e. The predicted molar refractivity (Wildman–Crippen MR) is 213 cm³/mol. The molecule has 8 amide bonds. The number of hydrogen-bond acceptors (Lipinski definition) is 9. The molecule has 320 valence electrons. The van der Waals surface area contributed by atoms with Crippen LogP contribution in [0.2, 0.25) is 0 Å². The summed E-state index contributed by atoms with van der Waals surface area (Å²) in [7, 11) is 0. The molecule has 0 saturated carbocycles. The van der Waals surface area contributed by atoms with Crippen LogP contribution in [-0.4, -0.2) is 90.5 Å². The van der Waals surface area contributed by atoms with Gasteiger partial charge in [0.2, 0.25) is 11.8 Å². The number of nitrogens with zero attached hydrogens (tertiary/aromatic N) is 1. The second-order valence-corrected chi connectivity index (χ2v) is 14.6. The van der Waals surface area contributed by atoms with E-state index in [0.29, 0.717) is 36.9 Å². The van der Waals surface area contributed by atoms with Crippen molar-refractivity contribution in [2.24, 2.45) is 17.6 Å². The van der Waals surface area contributed by atoms with Gasteiger partial charge in [-0.2, -0.15) is 0 Å². The van der Waals surface area contributed by atoms with Gasteiger partial charge in [-0.1, -0.05) is 50.1 Å². The van der Waals surface area contributed by atoms with Gasteiger partial charge >= 0.3 is 12.1 Å². The summed E-state index contributed by atoms with van der Waals surface area (Å²) in [6.45, 7) is 3.43. The van der Waals surface area contributed by atoms with Crippen LogP contribution in [0.1, 0.15) is 80.3 Å². The summed E-state index contributed by atoms with van der Waals surface area (Å²) in [5, 5.41) is 12.1. The van der Waals surface area contributed by atoms with E-state index in [2.05, 4.69) is 21.3 Å². The van der Waals surface area contributed by atoms with E-state index in [1.807, 2.05) is 12.2 Å². The molecule has 2 aromatic rings. The number of nitrogens with two attached hydrogens (primary N) is 1. The lowest BCUT2D eigenvalue weighted by Gasteiger charge is -2.24. The highest BCUT2D eigenvalue weighted by molar-refractivity contribution is 6.12. The number of imide groups is 1. The van der Waals surface area contributed by atoms with E-state index in [-0.39, 0.29) is 73.9 Å². The molecule has 16 nitrogen and oxygen atoms in total. The fourth-order valence-electron chi connectivity index (χ4n) is 5.91. The van der Waals surface area contributed by atoms with Crippen molar-refractivity contribution in [3.63, 3.8) is 0 Å². The summed E-state index contributed by atoms with van der Waals surface area (Å²) in [5.74, 6) is -7.20. The number of benzene rings is 2. The van der Waals surface area contributed by atoms with Crippen LogP contribution in [0.5, 0.6) is 0 Å². The molecule has 1 heterocycles. The van der Waals surface area contributed by atoms with Crippen molar-refractivity contribution in [1.29, 1.82) is 0 Å². The number of Topliss-reactive ketones (excluding diaryl/α,β-unsaturated/α-hetero) is 1. The summed E-state index contributed by atoms with van der Waals surface area (Å²) in [6.07, 6.45) is 3.33. The molecule has 0 aliphatic carbocycles. The number of ether oxygens (including phenoxy) is 1. The number of carbonyl (C=O) groups excluding carboxylic acids is 8. The number of alkyl halides is 2. The minimum absolute atomic E-state index is 0.122. The average Bonchev–Trinajstić information content (AvgIpc) is 3.51. The summed E-state index contributed by atoms with van der Waals surface area (Å²) < 4.78 is 33.7. The zero-order valence-corrected chi connectivity index (χ0v) is 33.4. The minimum atomic E-state index is -3.45. The number of amides is 8. The number of hydrogen-bond donors (Lipinski definition) is 6. The van der Waals surface area contributed by atoms with Gasteiger partial charge in [0.05, 0.1) is 19.1 Å². The van der Waals surface area contributed by atoms with E-state index < -0.39 is 54.9 Å². The lowest BCUT2D eigenvalue weighted by molar-refractivity contribution is -0.137. The second kappa shape index (κ2) is 23.3. The summed E-state index contributed by atoms with van der Waals surface area (Å²) in [6, 6.07) is 10.9. The number of aryl methyl sites for hydroxylation is 1. The largest absolute Gasteiger partial charge is 0.445 e. The highest BCUT2D eigenvalue weighted by Gasteiger charge is 2.31. The van der Waals surface area contributed by atoms with Gasteiger partial charge in [-0.15, -0.1) is 0 Å². The molecule has 0 saturated heterocycles. The van der Waals surface area contributed by atoms with Crippen molar-refractivity contribution in [2.45, 2.75) is 84.3 Å². The Hall–Kier alpha value is -6.20. The third-order valence-electron chi connectivity index (χ3n) is 9.27. The number of primary amides is 1. The molecule has 0 bridgehead atoms. The molecule has 2 atom stereocenters. The van der Waals surface area contributed by atoms with Gasteiger partial charge in [0.25, 0.3) is 23.6 Å². The van der Waals surface area contributed by atoms with E-state index >= 15 is 0 Å². The zero-order chi connectivity index (χ0) is 43.5. The molecule has 2 aromatic carbocycles. The topological polar surface area (TPSA) is 235 Å². The highest BCUT2D eigenvalue weighted by Crippen LogP contribution is 2.20. The van der Waals surface area contributed by atoms with Crippen LogP contribution >= 0.6 is 0 Å². The SMILES string of the molecule is Cc1ccc(C(=O)NCC(F)(F)CNC(=O)OCc2ccc(NC(=O)[C@H](CCCNC(N)=O)CC(=O)[C@@H](NC(=O)CCCCCN3C(=O)C=CC3=O)C(C)C)cc2)cc1. The molecule has 18 heteroatoms. The van der Waals surface area contributed by atoms with Crippen molar-refractivity contribution in [3.8, 4) is 0 Å². The van der Waals surface area contributed by atoms with Gasteiger partial charge in [-0.05, 0) is 68.4 Å². The average molecular weight is 826 g/mol. The number of urea groups is 1. The number of unbranched alkanes of at least 4 members (excludes halogenated alkanes) is 2. The maximum Gasteiger partial charge on any atom is 0.407 e. The van der Waals surface area contributed by atoms with Crippen molar-refractivity contribution < 1.29 is 51.9 Å². The Morgan fingerprint density at radius 1 is 0.831 bits per heavy atom. The molecular weight excluding hydrogens is 772 g/mol. The van der Waals surface area contributed by atoms with E-state index in [1.165, 1.54) is 36.4 Å². The van der Waals surface area contributed by atoms with E-state index in [9.17, 15) is 47.1 Å². The second-order valence-electron chi connectivity index (χ2n) is 14.6. The molecular formula is C41H53F2N7O9. The Bertz CT molecular complexity index is 1820. The van der Waals surface area contributed by atoms with E-state index in [0.717, 1.165) is 10.5 Å². The van der Waals surface area contributed by atoms with Crippen molar-refractivity contribution in [1.82, 2.24) is 26.2 Å². The van der Waals surface area contributed by atoms with Gasteiger partial charge < -0.3 is 37.1 Å². The fourth-order valence-corrected chi connectivity index (χ4v) is 5.91. The molecule has 0 radical (unpaired) electrons. The monoisotopic (exact) mass is 825 g/mol. The first kappa shape index (κ1) is 47.2. The molecule has 7 N–H and O–H groups in total. The molecule has 0 fully saturated rings. The normalized spacial score (nSPS) is 13.4. The van der Waals surface area contributed by atoms with Crippen molar-refractivity contribution in [3.05, 3.63) is 77.4 Å². The van der Waals surface area contributed by atoms with Crippen molar-refractivity contribution >= 4 is 53.1 Å². The Balaban J connectivity index is 1.48. The molecule has 0 spiro atoms. The van der Waals surface area contributed by atoms with Gasteiger partial charge in [-0.3, -0.25) is 33.7 Å². The maximum atomic E-state index is 14.3. The number of carbonyl (C=O) groups is 8. The first-order valence-corrected chi connectivity index (χ1v) is 19.4. The van der Waals surface area contributed by atoms with Crippen LogP contribution in [0.4, 0.5) is 24.1 Å². The Morgan fingerprint density at radius 3 is 2.10 bits per heavy atom. The van der Waals surface area contributed by atoms with Gasteiger partial charge in [-0.25, -0.2) is 18.4 Å². The van der Waals surface area contributed by atoms with E-state index in [4.69, 9.17) is 10.5 Å².